The minimum Gasteiger partial charge on any atom is -0.326 e. The standard InChI is InChI=1S/C14H16N4O.ClH/c19-14(11-5-7-15-10-11)17-12-3-1-4-13(9-12)18-8-2-6-16-18;/h1-4,6,8-9,11,15H,5,7,10H2,(H,17,19);1H. The van der Waals surface area contributed by atoms with E-state index >= 15 is 0 Å². The molecule has 1 aromatic heterocycles. The minimum atomic E-state index is 0. The maximum atomic E-state index is 12.0. The summed E-state index contributed by atoms with van der Waals surface area (Å²) in [5.41, 5.74) is 1.75. The lowest BCUT2D eigenvalue weighted by molar-refractivity contribution is -0.119. The third-order valence-corrected chi connectivity index (χ3v) is 3.31. The first-order valence-electron chi connectivity index (χ1n) is 6.44. The number of amides is 1. The molecule has 1 unspecified atom stereocenters. The van der Waals surface area contributed by atoms with Gasteiger partial charge in [0.25, 0.3) is 0 Å². The third kappa shape index (κ3) is 3.18. The minimum absolute atomic E-state index is 0. The summed E-state index contributed by atoms with van der Waals surface area (Å²) in [7, 11) is 0. The molecule has 1 fully saturated rings. The number of carbonyl (C=O) groups excluding carboxylic acids is 1. The SMILES string of the molecule is Cl.O=C(Nc1cccc(-n2cccn2)c1)C1CCNC1. The second kappa shape index (κ2) is 6.54. The van der Waals surface area contributed by atoms with Gasteiger partial charge in [0.15, 0.2) is 0 Å². The predicted molar refractivity (Wildman–Crippen MR) is 80.4 cm³/mol. The van der Waals surface area contributed by atoms with Crippen LogP contribution in [0.1, 0.15) is 6.42 Å². The summed E-state index contributed by atoms with van der Waals surface area (Å²) in [4.78, 5) is 12.0. The average molecular weight is 293 g/mol. The van der Waals surface area contributed by atoms with Crippen LogP contribution in [-0.4, -0.2) is 28.8 Å². The molecule has 0 saturated carbocycles. The van der Waals surface area contributed by atoms with E-state index in [9.17, 15) is 4.79 Å². The van der Waals surface area contributed by atoms with Crippen molar-refractivity contribution in [3.8, 4) is 5.69 Å². The number of hydrogen-bond donors (Lipinski definition) is 2. The Labute approximate surface area is 123 Å². The van der Waals surface area contributed by atoms with E-state index in [0.29, 0.717) is 0 Å². The highest BCUT2D eigenvalue weighted by molar-refractivity contribution is 5.93. The largest absolute Gasteiger partial charge is 0.326 e. The van der Waals surface area contributed by atoms with Crippen molar-refractivity contribution in [2.24, 2.45) is 5.92 Å². The average Bonchev–Trinajstić information content (AvgIpc) is 3.13. The second-order valence-corrected chi connectivity index (χ2v) is 4.68. The van der Waals surface area contributed by atoms with E-state index in [-0.39, 0.29) is 24.2 Å². The second-order valence-electron chi connectivity index (χ2n) is 4.68. The first-order valence-corrected chi connectivity index (χ1v) is 6.44. The molecule has 106 valence electrons. The number of nitrogens with one attached hydrogen (secondary N) is 2. The van der Waals surface area contributed by atoms with Gasteiger partial charge in [-0.1, -0.05) is 6.07 Å². The Balaban J connectivity index is 0.00000147. The number of benzene rings is 1. The Bertz CT molecular complexity index is 564. The maximum Gasteiger partial charge on any atom is 0.228 e. The van der Waals surface area contributed by atoms with E-state index in [1.165, 1.54) is 0 Å². The fourth-order valence-electron chi connectivity index (χ4n) is 2.27. The summed E-state index contributed by atoms with van der Waals surface area (Å²) in [5, 5.41) is 10.3. The summed E-state index contributed by atoms with van der Waals surface area (Å²) in [6, 6.07) is 9.56. The highest BCUT2D eigenvalue weighted by Crippen LogP contribution is 2.16. The van der Waals surface area contributed by atoms with Crippen molar-refractivity contribution in [3.05, 3.63) is 42.7 Å². The normalized spacial score (nSPS) is 17.5. The highest BCUT2D eigenvalue weighted by Gasteiger charge is 2.22. The predicted octanol–water partition coefficient (Wildman–Crippen LogP) is 1.84. The molecular weight excluding hydrogens is 276 g/mol. The van der Waals surface area contributed by atoms with Crippen LogP contribution in [0.15, 0.2) is 42.7 Å². The van der Waals surface area contributed by atoms with Gasteiger partial charge in [0.05, 0.1) is 11.6 Å². The van der Waals surface area contributed by atoms with Crippen LogP contribution in [0.4, 0.5) is 5.69 Å². The molecule has 6 heteroatoms. The van der Waals surface area contributed by atoms with Gasteiger partial charge >= 0.3 is 0 Å². The topological polar surface area (TPSA) is 59.0 Å². The Morgan fingerprint density at radius 3 is 3.00 bits per heavy atom. The zero-order chi connectivity index (χ0) is 13.1. The van der Waals surface area contributed by atoms with Gasteiger partial charge in [-0.15, -0.1) is 12.4 Å². The third-order valence-electron chi connectivity index (χ3n) is 3.31. The fraction of sp³-hybridized carbons (Fsp3) is 0.286. The zero-order valence-electron chi connectivity index (χ0n) is 11.0. The first kappa shape index (κ1) is 14.6. The van der Waals surface area contributed by atoms with E-state index in [1.807, 2.05) is 36.5 Å². The highest BCUT2D eigenvalue weighted by atomic mass is 35.5. The van der Waals surface area contributed by atoms with E-state index < -0.39 is 0 Å². The quantitative estimate of drug-likeness (QED) is 0.907. The summed E-state index contributed by atoms with van der Waals surface area (Å²) in [5.74, 6) is 0.163. The molecule has 0 bridgehead atoms. The van der Waals surface area contributed by atoms with Crippen molar-refractivity contribution in [1.82, 2.24) is 15.1 Å². The summed E-state index contributed by atoms with van der Waals surface area (Å²) in [6.45, 7) is 1.69. The van der Waals surface area contributed by atoms with Gasteiger partial charge in [0.1, 0.15) is 0 Å². The van der Waals surface area contributed by atoms with Gasteiger partial charge in [-0.05, 0) is 37.2 Å². The molecule has 1 aliphatic rings. The number of hydrogen-bond acceptors (Lipinski definition) is 3. The molecule has 2 N–H and O–H groups in total. The lowest BCUT2D eigenvalue weighted by Gasteiger charge is -2.11. The van der Waals surface area contributed by atoms with Crippen LogP contribution in [0.5, 0.6) is 0 Å². The van der Waals surface area contributed by atoms with Crippen molar-refractivity contribution in [1.29, 1.82) is 0 Å². The lowest BCUT2D eigenvalue weighted by Crippen LogP contribution is -2.24. The summed E-state index contributed by atoms with van der Waals surface area (Å²) >= 11 is 0. The van der Waals surface area contributed by atoms with Crippen LogP contribution >= 0.6 is 12.4 Å². The van der Waals surface area contributed by atoms with E-state index in [2.05, 4.69) is 15.7 Å². The van der Waals surface area contributed by atoms with Crippen LogP contribution in [0.25, 0.3) is 5.69 Å². The monoisotopic (exact) mass is 292 g/mol. The molecule has 20 heavy (non-hydrogen) atoms. The van der Waals surface area contributed by atoms with Gasteiger partial charge in [-0.2, -0.15) is 5.10 Å². The van der Waals surface area contributed by atoms with Crippen molar-refractivity contribution in [2.75, 3.05) is 18.4 Å². The number of nitrogens with zero attached hydrogens (tertiary/aromatic N) is 2. The van der Waals surface area contributed by atoms with Crippen molar-refractivity contribution < 1.29 is 4.79 Å². The van der Waals surface area contributed by atoms with Crippen LogP contribution in [0.3, 0.4) is 0 Å². The fourth-order valence-corrected chi connectivity index (χ4v) is 2.27. The van der Waals surface area contributed by atoms with Crippen LogP contribution < -0.4 is 10.6 Å². The molecule has 3 rings (SSSR count). The maximum absolute atomic E-state index is 12.0. The molecule has 2 aromatic rings. The lowest BCUT2D eigenvalue weighted by atomic mass is 10.1. The smallest absolute Gasteiger partial charge is 0.228 e. The van der Waals surface area contributed by atoms with E-state index in [1.54, 1.807) is 10.9 Å². The van der Waals surface area contributed by atoms with E-state index in [4.69, 9.17) is 0 Å². The molecule has 1 aromatic carbocycles. The van der Waals surface area contributed by atoms with Gasteiger partial charge in [-0.3, -0.25) is 4.79 Å². The number of carbonyl (C=O) groups is 1. The van der Waals surface area contributed by atoms with Crippen LogP contribution in [0, 0.1) is 5.92 Å². The number of rotatable bonds is 3. The van der Waals surface area contributed by atoms with Crippen LogP contribution in [0.2, 0.25) is 0 Å². The van der Waals surface area contributed by atoms with Crippen molar-refractivity contribution in [2.45, 2.75) is 6.42 Å². The molecule has 1 amide bonds. The Kier molecular flexibility index (Phi) is 4.76. The molecule has 1 saturated heterocycles. The van der Waals surface area contributed by atoms with Gasteiger partial charge in [-0.25, -0.2) is 4.68 Å². The summed E-state index contributed by atoms with van der Waals surface area (Å²) in [6.07, 6.45) is 4.52. The van der Waals surface area contributed by atoms with Gasteiger partial charge < -0.3 is 10.6 Å². The number of aromatic nitrogens is 2. The molecule has 0 spiro atoms. The Hall–Kier alpha value is -1.85. The molecule has 1 atom stereocenters. The van der Waals surface area contributed by atoms with Crippen molar-refractivity contribution >= 4 is 24.0 Å². The molecule has 1 aliphatic heterocycles. The Morgan fingerprint density at radius 2 is 2.30 bits per heavy atom. The number of halogens is 1. The molecule has 0 aliphatic carbocycles. The molecule has 2 heterocycles. The van der Waals surface area contributed by atoms with Crippen LogP contribution in [-0.2, 0) is 4.79 Å². The van der Waals surface area contributed by atoms with Gasteiger partial charge in [0, 0.05) is 24.6 Å². The molecule has 0 radical (unpaired) electrons. The first-order chi connectivity index (χ1) is 9.33. The van der Waals surface area contributed by atoms with Crippen molar-refractivity contribution in [3.63, 3.8) is 0 Å². The van der Waals surface area contributed by atoms with E-state index in [0.717, 1.165) is 30.9 Å². The summed E-state index contributed by atoms with van der Waals surface area (Å²) < 4.78 is 1.77. The van der Waals surface area contributed by atoms with Gasteiger partial charge in [0.2, 0.25) is 5.91 Å². The molecular formula is C14H17ClN4O. The number of anilines is 1. The zero-order valence-corrected chi connectivity index (χ0v) is 11.8. The Morgan fingerprint density at radius 1 is 1.40 bits per heavy atom. The molecule has 5 nitrogen and oxygen atoms in total.